The van der Waals surface area contributed by atoms with Crippen LogP contribution in [0.4, 0.5) is 24.5 Å². The molecule has 0 aliphatic carbocycles. The van der Waals surface area contributed by atoms with Crippen LogP contribution in [0.1, 0.15) is 15.9 Å². The number of carboxylic acids is 1. The van der Waals surface area contributed by atoms with E-state index in [2.05, 4.69) is 5.32 Å². The van der Waals surface area contributed by atoms with E-state index in [4.69, 9.17) is 0 Å². The number of carbonyl (C=O) groups is 1. The van der Waals surface area contributed by atoms with E-state index in [1.165, 1.54) is 30.3 Å². The number of nitrogens with one attached hydrogen (secondary N) is 1. The topological polar surface area (TPSA) is 52.2 Å². The summed E-state index contributed by atoms with van der Waals surface area (Å²) in [5, 5.41) is 13.6. The van der Waals surface area contributed by atoms with Crippen LogP contribution in [0.2, 0.25) is 0 Å². The Balaban J connectivity index is 0.00000220. The van der Waals surface area contributed by atoms with Crippen molar-refractivity contribution in [2.45, 2.75) is 6.18 Å². The molecule has 2 aromatic rings. The zero-order valence-corrected chi connectivity index (χ0v) is 13.1. The summed E-state index contributed by atoms with van der Waals surface area (Å²) in [6.07, 6.45) is -4.45. The predicted octanol–water partition coefficient (Wildman–Crippen LogP) is -0.184. The SMILES string of the molecule is O=C([O-])c1ccccc1Nc1cccc(C(F)(F)F)c1.[Na+]. The van der Waals surface area contributed by atoms with E-state index in [-0.39, 0.29) is 46.5 Å². The van der Waals surface area contributed by atoms with Crippen LogP contribution >= 0.6 is 0 Å². The fourth-order valence-electron chi connectivity index (χ4n) is 1.70. The van der Waals surface area contributed by atoms with Gasteiger partial charge in [0.25, 0.3) is 0 Å². The third kappa shape index (κ3) is 4.49. The van der Waals surface area contributed by atoms with Gasteiger partial charge in [0.1, 0.15) is 0 Å². The quantitative estimate of drug-likeness (QED) is 0.800. The average Bonchev–Trinajstić information content (AvgIpc) is 2.38. The average molecular weight is 303 g/mol. The van der Waals surface area contributed by atoms with Crippen LogP contribution < -0.4 is 40.0 Å². The molecule has 7 heteroatoms. The molecule has 0 amide bonds. The summed E-state index contributed by atoms with van der Waals surface area (Å²) in [5.41, 5.74) is -0.612. The molecule has 0 aliphatic rings. The molecule has 0 fully saturated rings. The first-order valence-corrected chi connectivity index (χ1v) is 5.62. The number of benzene rings is 2. The Morgan fingerprint density at radius 2 is 1.71 bits per heavy atom. The van der Waals surface area contributed by atoms with Gasteiger partial charge in [-0.05, 0) is 24.3 Å². The molecule has 0 saturated carbocycles. The first-order chi connectivity index (χ1) is 9.38. The van der Waals surface area contributed by atoms with Gasteiger partial charge in [0.2, 0.25) is 0 Å². The van der Waals surface area contributed by atoms with Gasteiger partial charge in [-0.15, -0.1) is 0 Å². The summed E-state index contributed by atoms with van der Waals surface area (Å²) in [6, 6.07) is 10.3. The molecule has 0 saturated heterocycles. The Morgan fingerprint density at radius 1 is 1.05 bits per heavy atom. The summed E-state index contributed by atoms with van der Waals surface area (Å²) in [4.78, 5) is 10.9. The second-order valence-corrected chi connectivity index (χ2v) is 4.04. The summed E-state index contributed by atoms with van der Waals surface area (Å²) < 4.78 is 37.7. The Hall–Kier alpha value is -1.50. The maximum Gasteiger partial charge on any atom is 1.00 e. The molecule has 104 valence electrons. The molecule has 0 spiro atoms. The van der Waals surface area contributed by atoms with Gasteiger partial charge in [-0.1, -0.05) is 24.3 Å². The van der Waals surface area contributed by atoms with Crippen molar-refractivity contribution in [3.8, 4) is 0 Å². The third-order valence-corrected chi connectivity index (χ3v) is 2.62. The number of hydrogen-bond donors (Lipinski definition) is 1. The van der Waals surface area contributed by atoms with Gasteiger partial charge in [0, 0.05) is 16.9 Å². The number of carboxylic acid groups (broad SMARTS) is 1. The van der Waals surface area contributed by atoms with Crippen molar-refractivity contribution in [1.82, 2.24) is 0 Å². The molecule has 2 aromatic carbocycles. The minimum atomic E-state index is -4.45. The van der Waals surface area contributed by atoms with E-state index in [1.54, 1.807) is 6.07 Å². The monoisotopic (exact) mass is 303 g/mol. The van der Waals surface area contributed by atoms with E-state index in [9.17, 15) is 23.1 Å². The number of para-hydroxylation sites is 1. The third-order valence-electron chi connectivity index (χ3n) is 2.62. The number of carbonyl (C=O) groups excluding carboxylic acids is 1. The van der Waals surface area contributed by atoms with Crippen LogP contribution in [0.5, 0.6) is 0 Å². The minimum absolute atomic E-state index is 0. The van der Waals surface area contributed by atoms with Crippen LogP contribution in [0, 0.1) is 0 Å². The Bertz CT molecular complexity index is 644. The second kappa shape index (κ2) is 6.98. The summed E-state index contributed by atoms with van der Waals surface area (Å²) in [6.45, 7) is 0. The Morgan fingerprint density at radius 3 is 2.33 bits per heavy atom. The van der Waals surface area contributed by atoms with Crippen molar-refractivity contribution in [2.24, 2.45) is 0 Å². The number of alkyl halides is 3. The van der Waals surface area contributed by atoms with E-state index in [1.807, 2.05) is 0 Å². The standard InChI is InChI=1S/C14H10F3NO2.Na/c15-14(16,17)9-4-3-5-10(8-9)18-12-7-2-1-6-11(12)13(19)20;/h1-8,18H,(H,19,20);/q;+1/p-1. The Labute approximate surface area is 141 Å². The molecule has 0 unspecified atom stereocenters. The van der Waals surface area contributed by atoms with Gasteiger partial charge in [0.15, 0.2) is 0 Å². The van der Waals surface area contributed by atoms with Crippen molar-refractivity contribution >= 4 is 17.3 Å². The van der Waals surface area contributed by atoms with Gasteiger partial charge >= 0.3 is 35.7 Å². The zero-order chi connectivity index (χ0) is 14.8. The molecule has 0 aromatic heterocycles. The largest absolute Gasteiger partial charge is 1.00 e. The minimum Gasteiger partial charge on any atom is -0.545 e. The molecule has 0 radical (unpaired) electrons. The van der Waals surface area contributed by atoms with Gasteiger partial charge in [-0.3, -0.25) is 0 Å². The smallest absolute Gasteiger partial charge is 0.545 e. The number of hydrogen-bond acceptors (Lipinski definition) is 3. The van der Waals surface area contributed by atoms with Gasteiger partial charge < -0.3 is 15.2 Å². The first kappa shape index (κ1) is 17.6. The van der Waals surface area contributed by atoms with Crippen molar-refractivity contribution < 1.29 is 52.6 Å². The van der Waals surface area contributed by atoms with Crippen LogP contribution in [-0.2, 0) is 6.18 Å². The molecular weight excluding hydrogens is 294 g/mol. The molecule has 1 N–H and O–H groups in total. The molecule has 0 heterocycles. The Kier molecular flexibility index (Phi) is 5.83. The van der Waals surface area contributed by atoms with Gasteiger partial charge in [-0.25, -0.2) is 0 Å². The van der Waals surface area contributed by atoms with E-state index >= 15 is 0 Å². The summed E-state index contributed by atoms with van der Waals surface area (Å²) >= 11 is 0. The van der Waals surface area contributed by atoms with Crippen molar-refractivity contribution in [3.05, 3.63) is 59.7 Å². The molecule has 0 bridgehead atoms. The van der Waals surface area contributed by atoms with Crippen LogP contribution in [-0.4, -0.2) is 5.97 Å². The fraction of sp³-hybridized carbons (Fsp3) is 0.0714. The van der Waals surface area contributed by atoms with E-state index < -0.39 is 17.7 Å². The van der Waals surface area contributed by atoms with Gasteiger partial charge in [-0.2, -0.15) is 13.2 Å². The first-order valence-electron chi connectivity index (χ1n) is 5.62. The molecular formula is C14H9F3NNaO2. The van der Waals surface area contributed by atoms with Crippen molar-refractivity contribution in [2.75, 3.05) is 5.32 Å². The molecule has 21 heavy (non-hydrogen) atoms. The van der Waals surface area contributed by atoms with Crippen LogP contribution in [0.15, 0.2) is 48.5 Å². The molecule has 3 nitrogen and oxygen atoms in total. The second-order valence-electron chi connectivity index (χ2n) is 4.04. The number of halogens is 3. The number of anilines is 2. The molecule has 2 rings (SSSR count). The van der Waals surface area contributed by atoms with E-state index in [0.717, 1.165) is 12.1 Å². The molecule has 0 aliphatic heterocycles. The maximum absolute atomic E-state index is 12.6. The van der Waals surface area contributed by atoms with Crippen LogP contribution in [0.3, 0.4) is 0 Å². The normalized spacial score (nSPS) is 10.6. The summed E-state index contributed by atoms with van der Waals surface area (Å²) in [5.74, 6) is -1.40. The van der Waals surface area contributed by atoms with E-state index in [0.29, 0.717) is 0 Å². The maximum atomic E-state index is 12.6. The zero-order valence-electron chi connectivity index (χ0n) is 11.1. The number of aromatic carboxylic acids is 1. The predicted molar refractivity (Wildman–Crippen MR) is 65.5 cm³/mol. The fourth-order valence-corrected chi connectivity index (χ4v) is 1.70. The van der Waals surface area contributed by atoms with Crippen molar-refractivity contribution in [1.29, 1.82) is 0 Å². The van der Waals surface area contributed by atoms with Crippen molar-refractivity contribution in [3.63, 3.8) is 0 Å². The molecule has 0 atom stereocenters. The summed E-state index contributed by atoms with van der Waals surface area (Å²) in [7, 11) is 0. The van der Waals surface area contributed by atoms with Gasteiger partial charge in [0.05, 0.1) is 11.5 Å². The number of rotatable bonds is 3. The van der Waals surface area contributed by atoms with Crippen LogP contribution in [0.25, 0.3) is 0 Å².